The number of rotatable bonds is 7. The third-order valence-electron chi connectivity index (χ3n) is 3.55. The fraction of sp³-hybridized carbons (Fsp3) is 0.500. The maximum absolute atomic E-state index is 11.8. The third kappa shape index (κ3) is 4.65. The normalized spacial score (nSPS) is 14.6. The lowest BCUT2D eigenvalue weighted by atomic mass is 10.1. The number of ether oxygens (including phenoxy) is 2. The number of para-hydroxylation sites is 2. The second-order valence-electron chi connectivity index (χ2n) is 5.13. The summed E-state index contributed by atoms with van der Waals surface area (Å²) in [4.78, 5) is 25.2. The van der Waals surface area contributed by atoms with Crippen LogP contribution in [0.25, 0.3) is 0 Å². The van der Waals surface area contributed by atoms with Gasteiger partial charge in [0.15, 0.2) is 18.1 Å². The molecule has 120 valence electrons. The molecule has 0 spiro atoms. The Morgan fingerprint density at radius 2 is 2.05 bits per heavy atom. The molecule has 0 aromatic heterocycles. The van der Waals surface area contributed by atoms with Crippen LogP contribution in [0.1, 0.15) is 19.3 Å². The maximum atomic E-state index is 11.8. The lowest BCUT2D eigenvalue weighted by Crippen LogP contribution is -2.41. The lowest BCUT2D eigenvalue weighted by molar-refractivity contribution is -0.133. The number of nitrogens with one attached hydrogen (secondary N) is 1. The molecule has 6 nitrogen and oxygen atoms in total. The average molecular weight is 306 g/mol. The largest absolute Gasteiger partial charge is 0.493 e. The van der Waals surface area contributed by atoms with Crippen LogP contribution < -0.4 is 14.8 Å². The summed E-state index contributed by atoms with van der Waals surface area (Å²) in [5.41, 5.74) is 0. The fourth-order valence-corrected chi connectivity index (χ4v) is 2.36. The molecule has 0 unspecified atom stereocenters. The van der Waals surface area contributed by atoms with Gasteiger partial charge in [-0.3, -0.25) is 9.59 Å². The summed E-state index contributed by atoms with van der Waals surface area (Å²) < 4.78 is 10.6. The highest BCUT2D eigenvalue weighted by atomic mass is 16.5. The standard InChI is InChI=1S/C16H22N2O4/c1-21-13-6-2-3-7-14(13)22-12-15(19)17-9-11-18-10-5-4-8-16(18)20/h2-3,6-7H,4-5,8-12H2,1H3,(H,17,19). The molecule has 22 heavy (non-hydrogen) atoms. The van der Waals surface area contributed by atoms with Gasteiger partial charge in [-0.2, -0.15) is 0 Å². The molecule has 1 fully saturated rings. The van der Waals surface area contributed by atoms with Crippen LogP contribution in [0.15, 0.2) is 24.3 Å². The molecule has 1 aliphatic heterocycles. The topological polar surface area (TPSA) is 67.9 Å². The smallest absolute Gasteiger partial charge is 0.258 e. The van der Waals surface area contributed by atoms with Crippen molar-refractivity contribution in [1.82, 2.24) is 10.2 Å². The van der Waals surface area contributed by atoms with Gasteiger partial charge in [0.1, 0.15) is 0 Å². The van der Waals surface area contributed by atoms with E-state index >= 15 is 0 Å². The van der Waals surface area contributed by atoms with Crippen molar-refractivity contribution in [3.63, 3.8) is 0 Å². The number of benzene rings is 1. The number of nitrogens with zero attached hydrogens (tertiary/aromatic N) is 1. The SMILES string of the molecule is COc1ccccc1OCC(=O)NCCN1CCCCC1=O. The van der Waals surface area contributed by atoms with Gasteiger partial charge >= 0.3 is 0 Å². The zero-order chi connectivity index (χ0) is 15.8. The molecule has 1 saturated heterocycles. The molecule has 0 saturated carbocycles. The zero-order valence-corrected chi connectivity index (χ0v) is 12.8. The summed E-state index contributed by atoms with van der Waals surface area (Å²) in [6.45, 7) is 1.71. The molecular formula is C16H22N2O4. The molecule has 0 radical (unpaired) electrons. The Labute approximate surface area is 130 Å². The van der Waals surface area contributed by atoms with Crippen molar-refractivity contribution in [2.45, 2.75) is 19.3 Å². The van der Waals surface area contributed by atoms with Crippen LogP contribution in [-0.4, -0.2) is 50.1 Å². The van der Waals surface area contributed by atoms with Gasteiger partial charge < -0.3 is 19.7 Å². The summed E-state index contributed by atoms with van der Waals surface area (Å²) in [7, 11) is 1.55. The predicted octanol–water partition coefficient (Wildman–Crippen LogP) is 1.20. The Balaban J connectivity index is 1.68. The summed E-state index contributed by atoms with van der Waals surface area (Å²) in [5, 5.41) is 2.76. The van der Waals surface area contributed by atoms with Gasteiger partial charge in [-0.1, -0.05) is 12.1 Å². The highest BCUT2D eigenvalue weighted by molar-refractivity contribution is 5.78. The number of methoxy groups -OCH3 is 1. The second kappa shape index (κ2) is 8.26. The van der Waals surface area contributed by atoms with Crippen LogP contribution in [0, 0.1) is 0 Å². The van der Waals surface area contributed by atoms with Gasteiger partial charge in [0, 0.05) is 26.1 Å². The van der Waals surface area contributed by atoms with E-state index in [0.717, 1.165) is 19.4 Å². The number of hydrogen-bond acceptors (Lipinski definition) is 4. The van der Waals surface area contributed by atoms with Crippen molar-refractivity contribution in [2.24, 2.45) is 0 Å². The minimum Gasteiger partial charge on any atom is -0.493 e. The number of likely N-dealkylation sites (tertiary alicyclic amines) is 1. The molecule has 2 rings (SSSR count). The number of amides is 2. The Bertz CT molecular complexity index is 519. The van der Waals surface area contributed by atoms with Gasteiger partial charge in [-0.25, -0.2) is 0 Å². The van der Waals surface area contributed by atoms with Crippen molar-refractivity contribution in [1.29, 1.82) is 0 Å². The molecule has 6 heteroatoms. The van der Waals surface area contributed by atoms with Crippen molar-refractivity contribution < 1.29 is 19.1 Å². The van der Waals surface area contributed by atoms with Crippen LogP contribution in [0.5, 0.6) is 11.5 Å². The summed E-state index contributed by atoms with van der Waals surface area (Å²) in [6, 6.07) is 7.17. The Morgan fingerprint density at radius 1 is 1.27 bits per heavy atom. The molecule has 2 amide bonds. The van der Waals surface area contributed by atoms with E-state index in [4.69, 9.17) is 9.47 Å². The molecule has 1 N–H and O–H groups in total. The van der Waals surface area contributed by atoms with E-state index in [1.165, 1.54) is 0 Å². The fourth-order valence-electron chi connectivity index (χ4n) is 2.36. The van der Waals surface area contributed by atoms with E-state index in [0.29, 0.717) is 31.0 Å². The minimum absolute atomic E-state index is 0.0751. The molecule has 1 aliphatic rings. The van der Waals surface area contributed by atoms with Crippen LogP contribution >= 0.6 is 0 Å². The highest BCUT2D eigenvalue weighted by Gasteiger charge is 2.17. The third-order valence-corrected chi connectivity index (χ3v) is 3.55. The summed E-state index contributed by atoms with van der Waals surface area (Å²) in [6.07, 6.45) is 2.62. The van der Waals surface area contributed by atoms with E-state index < -0.39 is 0 Å². The van der Waals surface area contributed by atoms with E-state index in [1.54, 1.807) is 24.1 Å². The molecular weight excluding hydrogens is 284 g/mol. The average Bonchev–Trinajstić information content (AvgIpc) is 2.55. The van der Waals surface area contributed by atoms with E-state index in [-0.39, 0.29) is 18.4 Å². The van der Waals surface area contributed by atoms with Gasteiger partial charge in [-0.05, 0) is 25.0 Å². The zero-order valence-electron chi connectivity index (χ0n) is 12.8. The van der Waals surface area contributed by atoms with E-state index in [1.807, 2.05) is 12.1 Å². The van der Waals surface area contributed by atoms with Crippen molar-refractivity contribution >= 4 is 11.8 Å². The first kappa shape index (κ1) is 16.1. The van der Waals surface area contributed by atoms with E-state index in [2.05, 4.69) is 5.32 Å². The van der Waals surface area contributed by atoms with Crippen LogP contribution in [0.3, 0.4) is 0 Å². The molecule has 0 aliphatic carbocycles. The Hall–Kier alpha value is -2.24. The predicted molar refractivity (Wildman–Crippen MR) is 81.9 cm³/mol. The first-order valence-corrected chi connectivity index (χ1v) is 7.51. The van der Waals surface area contributed by atoms with Gasteiger partial charge in [-0.15, -0.1) is 0 Å². The second-order valence-corrected chi connectivity index (χ2v) is 5.13. The Kier molecular flexibility index (Phi) is 6.06. The van der Waals surface area contributed by atoms with Crippen molar-refractivity contribution in [2.75, 3.05) is 33.4 Å². The van der Waals surface area contributed by atoms with Crippen LogP contribution in [0.4, 0.5) is 0 Å². The molecule has 1 aromatic rings. The number of piperidine rings is 1. The molecule has 1 heterocycles. The molecule has 1 aromatic carbocycles. The van der Waals surface area contributed by atoms with Gasteiger partial charge in [0.05, 0.1) is 7.11 Å². The van der Waals surface area contributed by atoms with Crippen molar-refractivity contribution in [3.05, 3.63) is 24.3 Å². The minimum atomic E-state index is -0.213. The number of hydrogen-bond donors (Lipinski definition) is 1. The van der Waals surface area contributed by atoms with E-state index in [9.17, 15) is 9.59 Å². The quantitative estimate of drug-likeness (QED) is 0.822. The molecule has 0 atom stereocenters. The Morgan fingerprint density at radius 3 is 2.77 bits per heavy atom. The number of carbonyl (C=O) groups is 2. The molecule has 0 bridgehead atoms. The first-order chi connectivity index (χ1) is 10.7. The number of carbonyl (C=O) groups excluding carboxylic acids is 2. The van der Waals surface area contributed by atoms with Crippen LogP contribution in [0.2, 0.25) is 0 Å². The summed E-state index contributed by atoms with van der Waals surface area (Å²) in [5.74, 6) is 1.08. The highest BCUT2D eigenvalue weighted by Crippen LogP contribution is 2.25. The first-order valence-electron chi connectivity index (χ1n) is 7.51. The monoisotopic (exact) mass is 306 g/mol. The van der Waals surface area contributed by atoms with Crippen molar-refractivity contribution in [3.8, 4) is 11.5 Å². The van der Waals surface area contributed by atoms with Gasteiger partial charge in [0.2, 0.25) is 5.91 Å². The maximum Gasteiger partial charge on any atom is 0.258 e. The summed E-state index contributed by atoms with van der Waals surface area (Å²) >= 11 is 0. The van der Waals surface area contributed by atoms with Crippen LogP contribution in [-0.2, 0) is 9.59 Å². The lowest BCUT2D eigenvalue weighted by Gasteiger charge is -2.26. The van der Waals surface area contributed by atoms with Gasteiger partial charge in [0.25, 0.3) is 5.91 Å².